The van der Waals surface area contributed by atoms with E-state index in [0.717, 1.165) is 16.3 Å². The summed E-state index contributed by atoms with van der Waals surface area (Å²) >= 11 is 0. The van der Waals surface area contributed by atoms with Crippen LogP contribution in [-0.4, -0.2) is 5.11 Å². The molecule has 0 bridgehead atoms. The molecule has 0 atom stereocenters. The summed E-state index contributed by atoms with van der Waals surface area (Å²) in [5, 5.41) is 12.7. The SMILES string of the molecule is CC(C)(C)c1cc(C(C)(C)C)c2ccccc2c1O. The van der Waals surface area contributed by atoms with E-state index in [0.29, 0.717) is 5.75 Å². The van der Waals surface area contributed by atoms with Crippen LogP contribution in [0.15, 0.2) is 30.3 Å². The number of phenolic OH excluding ortho intramolecular Hbond substituents is 1. The summed E-state index contributed by atoms with van der Waals surface area (Å²) in [7, 11) is 0. The maximum Gasteiger partial charge on any atom is 0.127 e. The molecule has 2 aromatic carbocycles. The first-order chi connectivity index (χ1) is 8.62. The Morgan fingerprint density at radius 1 is 0.737 bits per heavy atom. The molecule has 0 amide bonds. The van der Waals surface area contributed by atoms with Crippen LogP contribution in [0.25, 0.3) is 10.8 Å². The molecule has 0 aliphatic rings. The molecule has 0 fully saturated rings. The van der Waals surface area contributed by atoms with Crippen molar-refractivity contribution in [3.63, 3.8) is 0 Å². The van der Waals surface area contributed by atoms with Gasteiger partial charge in [0.2, 0.25) is 0 Å². The van der Waals surface area contributed by atoms with Crippen molar-refractivity contribution in [1.29, 1.82) is 0 Å². The molecule has 1 N–H and O–H groups in total. The van der Waals surface area contributed by atoms with Crippen LogP contribution in [0, 0.1) is 0 Å². The Hall–Kier alpha value is -1.50. The molecular weight excluding hydrogens is 232 g/mol. The zero-order chi connectivity index (χ0) is 14.4. The summed E-state index contributed by atoms with van der Waals surface area (Å²) in [5.41, 5.74) is 2.32. The van der Waals surface area contributed by atoms with E-state index in [2.05, 4.69) is 53.7 Å². The van der Waals surface area contributed by atoms with Gasteiger partial charge in [0.1, 0.15) is 5.75 Å². The average Bonchev–Trinajstić information content (AvgIpc) is 2.26. The van der Waals surface area contributed by atoms with Crippen molar-refractivity contribution in [1.82, 2.24) is 0 Å². The molecule has 2 aromatic rings. The standard InChI is InChI=1S/C18H24O/c1-17(2,3)14-11-15(18(4,5)6)16(19)13-10-8-7-9-12(13)14/h7-11,19H,1-6H3. The second-order valence-corrected chi connectivity index (χ2v) is 7.37. The number of hydrogen-bond acceptors (Lipinski definition) is 1. The van der Waals surface area contributed by atoms with Gasteiger partial charge in [-0.3, -0.25) is 0 Å². The summed E-state index contributed by atoms with van der Waals surface area (Å²) < 4.78 is 0. The number of aromatic hydroxyl groups is 1. The monoisotopic (exact) mass is 256 g/mol. The summed E-state index contributed by atoms with van der Waals surface area (Å²) in [6, 6.07) is 10.3. The lowest BCUT2D eigenvalue weighted by atomic mass is 9.77. The maximum atomic E-state index is 10.6. The van der Waals surface area contributed by atoms with Gasteiger partial charge in [0, 0.05) is 10.9 Å². The van der Waals surface area contributed by atoms with Gasteiger partial charge >= 0.3 is 0 Å². The summed E-state index contributed by atoms with van der Waals surface area (Å²) in [5.74, 6) is 0.427. The molecule has 0 aromatic heterocycles. The molecule has 102 valence electrons. The first kappa shape index (κ1) is 13.9. The van der Waals surface area contributed by atoms with Crippen LogP contribution >= 0.6 is 0 Å². The largest absolute Gasteiger partial charge is 0.507 e. The molecule has 0 saturated heterocycles. The topological polar surface area (TPSA) is 20.2 Å². The maximum absolute atomic E-state index is 10.6. The molecule has 0 spiro atoms. The van der Waals surface area contributed by atoms with E-state index < -0.39 is 0 Å². The van der Waals surface area contributed by atoms with Crippen LogP contribution in [-0.2, 0) is 10.8 Å². The van der Waals surface area contributed by atoms with E-state index in [-0.39, 0.29) is 10.8 Å². The van der Waals surface area contributed by atoms with Gasteiger partial charge in [-0.15, -0.1) is 0 Å². The smallest absolute Gasteiger partial charge is 0.127 e. The zero-order valence-corrected chi connectivity index (χ0v) is 12.8. The van der Waals surface area contributed by atoms with Crippen molar-refractivity contribution < 1.29 is 5.11 Å². The van der Waals surface area contributed by atoms with Crippen molar-refractivity contribution in [2.45, 2.75) is 52.4 Å². The van der Waals surface area contributed by atoms with E-state index in [1.54, 1.807) is 0 Å². The summed E-state index contributed by atoms with van der Waals surface area (Å²) in [6.07, 6.45) is 0. The van der Waals surface area contributed by atoms with E-state index in [1.807, 2.05) is 18.2 Å². The molecule has 0 saturated carbocycles. The lowest BCUT2D eigenvalue weighted by Gasteiger charge is -2.28. The molecular formula is C18H24O. The minimum absolute atomic E-state index is 0.0614. The van der Waals surface area contributed by atoms with E-state index in [9.17, 15) is 5.11 Å². The number of phenols is 1. The fourth-order valence-electron chi connectivity index (χ4n) is 2.55. The van der Waals surface area contributed by atoms with Crippen LogP contribution in [0.1, 0.15) is 52.7 Å². The lowest BCUT2D eigenvalue weighted by Crippen LogP contribution is -2.17. The van der Waals surface area contributed by atoms with Gasteiger partial charge in [0.25, 0.3) is 0 Å². The third-order valence-electron chi connectivity index (χ3n) is 3.63. The first-order valence-corrected chi connectivity index (χ1v) is 6.88. The summed E-state index contributed by atoms with van der Waals surface area (Å²) in [6.45, 7) is 13.1. The Morgan fingerprint density at radius 2 is 1.21 bits per heavy atom. The number of benzene rings is 2. The number of fused-ring (bicyclic) bond motifs is 1. The number of rotatable bonds is 0. The van der Waals surface area contributed by atoms with Gasteiger partial charge in [-0.1, -0.05) is 71.9 Å². The van der Waals surface area contributed by atoms with Crippen molar-refractivity contribution in [2.75, 3.05) is 0 Å². The quantitative estimate of drug-likeness (QED) is 0.692. The molecule has 19 heavy (non-hydrogen) atoms. The van der Waals surface area contributed by atoms with Crippen molar-refractivity contribution >= 4 is 10.8 Å². The molecule has 2 rings (SSSR count). The van der Waals surface area contributed by atoms with Crippen LogP contribution in [0.5, 0.6) is 5.75 Å². The van der Waals surface area contributed by atoms with Gasteiger partial charge in [-0.25, -0.2) is 0 Å². The highest BCUT2D eigenvalue weighted by Gasteiger charge is 2.25. The van der Waals surface area contributed by atoms with Gasteiger partial charge < -0.3 is 5.11 Å². The number of hydrogen-bond donors (Lipinski definition) is 1. The fourth-order valence-corrected chi connectivity index (χ4v) is 2.55. The summed E-state index contributed by atoms with van der Waals surface area (Å²) in [4.78, 5) is 0. The van der Waals surface area contributed by atoms with Gasteiger partial charge in [-0.05, 0) is 21.8 Å². The third-order valence-corrected chi connectivity index (χ3v) is 3.63. The van der Waals surface area contributed by atoms with Gasteiger partial charge in [-0.2, -0.15) is 0 Å². The van der Waals surface area contributed by atoms with Gasteiger partial charge in [0.15, 0.2) is 0 Å². The highest BCUT2D eigenvalue weighted by Crippen LogP contribution is 2.41. The fraction of sp³-hybridized carbons (Fsp3) is 0.444. The Labute approximate surface area is 116 Å². The molecule has 0 aliphatic carbocycles. The van der Waals surface area contributed by atoms with Crippen LogP contribution in [0.4, 0.5) is 0 Å². The second kappa shape index (κ2) is 4.26. The molecule has 1 heteroatoms. The predicted molar refractivity (Wildman–Crippen MR) is 83.0 cm³/mol. The normalized spacial score (nSPS) is 12.9. The van der Waals surface area contributed by atoms with E-state index in [1.165, 1.54) is 5.56 Å². The van der Waals surface area contributed by atoms with E-state index in [4.69, 9.17) is 0 Å². The molecule has 0 aliphatic heterocycles. The molecule has 1 nitrogen and oxygen atoms in total. The Bertz CT molecular complexity index is 610. The third kappa shape index (κ3) is 2.47. The Balaban J connectivity index is 2.93. The van der Waals surface area contributed by atoms with E-state index >= 15 is 0 Å². The van der Waals surface area contributed by atoms with Crippen LogP contribution in [0.2, 0.25) is 0 Å². The highest BCUT2D eigenvalue weighted by atomic mass is 16.3. The first-order valence-electron chi connectivity index (χ1n) is 6.88. The highest BCUT2D eigenvalue weighted by molar-refractivity contribution is 5.93. The van der Waals surface area contributed by atoms with Crippen LogP contribution in [0.3, 0.4) is 0 Å². The second-order valence-electron chi connectivity index (χ2n) is 7.37. The van der Waals surface area contributed by atoms with Crippen molar-refractivity contribution in [3.8, 4) is 5.75 Å². The molecule has 0 heterocycles. The predicted octanol–water partition coefficient (Wildman–Crippen LogP) is 5.14. The van der Waals surface area contributed by atoms with Crippen molar-refractivity contribution in [2.24, 2.45) is 0 Å². The minimum atomic E-state index is -0.0614. The minimum Gasteiger partial charge on any atom is -0.507 e. The molecule has 0 unspecified atom stereocenters. The van der Waals surface area contributed by atoms with Crippen LogP contribution < -0.4 is 0 Å². The van der Waals surface area contributed by atoms with Gasteiger partial charge in [0.05, 0.1) is 0 Å². The zero-order valence-electron chi connectivity index (χ0n) is 12.8. The van der Waals surface area contributed by atoms with Crippen molar-refractivity contribution in [3.05, 3.63) is 41.5 Å². The Morgan fingerprint density at radius 3 is 1.68 bits per heavy atom. The Kier molecular flexibility index (Phi) is 3.12. The average molecular weight is 256 g/mol. The molecule has 0 radical (unpaired) electrons. The lowest BCUT2D eigenvalue weighted by molar-refractivity contribution is 0.451.